The topological polar surface area (TPSA) is 180 Å². The summed E-state index contributed by atoms with van der Waals surface area (Å²) < 4.78 is 43.8. The van der Waals surface area contributed by atoms with Gasteiger partial charge in [-0.2, -0.15) is 0 Å². The van der Waals surface area contributed by atoms with Crippen LogP contribution in [0.15, 0.2) is 48.5 Å². The minimum Gasteiger partial charge on any atom is -0.496 e. The number of nitrogens with zero attached hydrogens (tertiary/aromatic N) is 3. The monoisotopic (exact) mass is 936 g/mol. The van der Waals surface area contributed by atoms with Crippen molar-refractivity contribution < 1.29 is 56.7 Å². The first-order valence-corrected chi connectivity index (χ1v) is 23.0. The Balaban J connectivity index is 1.21. The Morgan fingerprint density at radius 1 is 1.05 bits per heavy atom. The number of aromatic nitrogens is 1. The molecule has 15 nitrogen and oxygen atoms in total. The summed E-state index contributed by atoms with van der Waals surface area (Å²) in [5.41, 5.74) is -0.0186. The van der Waals surface area contributed by atoms with Gasteiger partial charge in [-0.25, -0.2) is 19.0 Å². The molecule has 2 aliphatic heterocycles. The van der Waals surface area contributed by atoms with Crippen LogP contribution in [0.4, 0.5) is 9.18 Å². The van der Waals surface area contributed by atoms with Gasteiger partial charge in [-0.15, -0.1) is 11.3 Å². The summed E-state index contributed by atoms with van der Waals surface area (Å²) in [4.78, 5) is 87.8. The van der Waals surface area contributed by atoms with E-state index in [0.717, 1.165) is 34.6 Å². The predicted molar refractivity (Wildman–Crippen MR) is 238 cm³/mol. The van der Waals surface area contributed by atoms with Crippen LogP contribution in [-0.4, -0.2) is 108 Å². The number of ketones is 1. The Morgan fingerprint density at radius 3 is 2.46 bits per heavy atom. The van der Waals surface area contributed by atoms with Crippen molar-refractivity contribution in [3.05, 3.63) is 80.3 Å². The Morgan fingerprint density at radius 2 is 1.78 bits per heavy atom. The van der Waals surface area contributed by atoms with Gasteiger partial charge in [0.1, 0.15) is 51.3 Å². The van der Waals surface area contributed by atoms with Crippen LogP contribution in [0.1, 0.15) is 99.0 Å². The summed E-state index contributed by atoms with van der Waals surface area (Å²) >= 11 is 7.72. The molecular formula is C46H55BClFN4O11S. The van der Waals surface area contributed by atoms with Crippen molar-refractivity contribution in [2.45, 2.75) is 109 Å². The van der Waals surface area contributed by atoms with Crippen LogP contribution < -0.4 is 10.1 Å². The molecule has 3 saturated carbocycles. The number of ether oxygens (including phenoxy) is 3. The third kappa shape index (κ3) is 10.1. The van der Waals surface area contributed by atoms with Gasteiger partial charge in [0.2, 0.25) is 0 Å². The van der Waals surface area contributed by atoms with E-state index in [1.54, 1.807) is 39.0 Å². The van der Waals surface area contributed by atoms with E-state index >= 15 is 4.79 Å². The number of rotatable bonds is 16. The maximum Gasteiger partial charge on any atom is 0.461 e. The highest BCUT2D eigenvalue weighted by atomic mass is 35.5. The van der Waals surface area contributed by atoms with E-state index < -0.39 is 72.4 Å². The van der Waals surface area contributed by atoms with Crippen molar-refractivity contribution in [3.8, 4) is 5.75 Å². The quantitative estimate of drug-likeness (QED) is 0.0910. The van der Waals surface area contributed by atoms with Gasteiger partial charge in [0, 0.05) is 31.9 Å². The first-order chi connectivity index (χ1) is 30.7. The molecule has 2 saturated heterocycles. The van der Waals surface area contributed by atoms with Crippen molar-refractivity contribution in [3.63, 3.8) is 0 Å². The second-order valence-corrected chi connectivity index (χ2v) is 20.6. The van der Waals surface area contributed by atoms with E-state index in [1.807, 2.05) is 30.3 Å². The molecule has 2 bridgehead atoms. The van der Waals surface area contributed by atoms with Crippen molar-refractivity contribution in [1.82, 2.24) is 20.1 Å². The number of Topliss-reactive ketones (excluding diaryl/α,β-unsaturated/α-hetero) is 1. The van der Waals surface area contributed by atoms with Gasteiger partial charge in [-0.05, 0) is 81.4 Å². The molecular weight excluding hydrogens is 882 g/mol. The molecule has 3 heterocycles. The van der Waals surface area contributed by atoms with Gasteiger partial charge in [-0.1, -0.05) is 67.9 Å². The second kappa shape index (κ2) is 19.1. The van der Waals surface area contributed by atoms with Gasteiger partial charge < -0.3 is 33.7 Å². The number of piperazine rings is 1. The summed E-state index contributed by atoms with van der Waals surface area (Å²) in [7, 11) is 0.508. The first kappa shape index (κ1) is 48.0. The van der Waals surface area contributed by atoms with Gasteiger partial charge in [0.25, 0.3) is 0 Å². The number of carbonyl (C=O) groups excluding carboxylic acids is 6. The number of hydrogen-bond acceptors (Lipinski definition) is 13. The number of imide groups is 1. The Kier molecular flexibility index (Phi) is 14.1. The highest BCUT2D eigenvalue weighted by Crippen LogP contribution is 2.66. The van der Waals surface area contributed by atoms with Gasteiger partial charge >= 0.3 is 36.9 Å². The lowest BCUT2D eigenvalue weighted by atomic mass is 9.43. The zero-order valence-corrected chi connectivity index (χ0v) is 39.2. The summed E-state index contributed by atoms with van der Waals surface area (Å²) in [5.74, 6) is -3.97. The van der Waals surface area contributed by atoms with E-state index in [9.17, 15) is 28.4 Å². The smallest absolute Gasteiger partial charge is 0.461 e. The maximum atomic E-state index is 15.1. The second-order valence-electron chi connectivity index (χ2n) is 18.9. The van der Waals surface area contributed by atoms with E-state index in [-0.39, 0.29) is 89.3 Å². The largest absolute Gasteiger partial charge is 0.496 e. The molecule has 1 aromatic heterocycles. The number of carbonyl (C=O) groups is 6. The normalized spacial score (nSPS) is 23.3. The molecule has 5 fully saturated rings. The molecule has 65 heavy (non-hydrogen) atoms. The minimum absolute atomic E-state index is 0.0122. The summed E-state index contributed by atoms with van der Waals surface area (Å²) in [5, 5.41) is 2.81. The standard InChI is InChI=1S/C46H55BClFN4O11S/c1-44(2,3)62-42(58)30-15-11-14-27(38(30)60-7)20-29(47-63-33-22-28-21-32(45(28,4)5)46(33,6)64-47)23-31(54)36(51-43(59)53-19-18-52(17-16-49)40(56)41(53)57)37-39(48)65-34(50-37)24-35(55)61-25-26-12-9-8-10-13-26/h8-15,28-29,32-33,36H,16-25H2,1-7H3,(H,51,59)/t28-,29+,32-,33+,36?,46-/m0/s1. The number of hydrogen-bond donors (Lipinski definition) is 1. The van der Waals surface area contributed by atoms with E-state index in [2.05, 4.69) is 31.1 Å². The van der Waals surface area contributed by atoms with Crippen LogP contribution >= 0.6 is 22.9 Å². The molecule has 3 aromatic rings. The van der Waals surface area contributed by atoms with Crippen molar-refractivity contribution in [2.75, 3.05) is 33.4 Å². The minimum atomic E-state index is -1.60. The lowest BCUT2D eigenvalue weighted by molar-refractivity contribution is -0.199. The number of thiazole rings is 1. The Labute approximate surface area is 387 Å². The fourth-order valence-electron chi connectivity index (χ4n) is 9.71. The number of urea groups is 1. The molecule has 1 unspecified atom stereocenters. The number of esters is 2. The maximum absolute atomic E-state index is 15.1. The van der Waals surface area contributed by atoms with Crippen LogP contribution in [0.25, 0.3) is 0 Å². The fraction of sp³-hybridized carbons (Fsp3) is 0.543. The first-order valence-electron chi connectivity index (χ1n) is 21.8. The molecule has 1 N–H and O–H groups in total. The molecule has 348 valence electrons. The Bertz CT molecular complexity index is 2330. The Hall–Kier alpha value is -4.91. The number of nitrogens with one attached hydrogen (secondary N) is 1. The predicted octanol–water partition coefficient (Wildman–Crippen LogP) is 6.74. The number of benzene rings is 2. The number of halogens is 2. The highest BCUT2D eigenvalue weighted by Gasteiger charge is 2.68. The van der Waals surface area contributed by atoms with Crippen LogP contribution in [-0.2, 0) is 57.4 Å². The molecule has 3 aliphatic carbocycles. The molecule has 5 aliphatic rings. The summed E-state index contributed by atoms with van der Waals surface area (Å²) in [6.45, 7) is 10.2. The van der Waals surface area contributed by atoms with Gasteiger partial charge in [-0.3, -0.25) is 24.1 Å². The molecule has 2 aromatic carbocycles. The third-order valence-electron chi connectivity index (χ3n) is 13.2. The molecule has 0 spiro atoms. The lowest BCUT2D eigenvalue weighted by Crippen LogP contribution is -2.65. The zero-order chi connectivity index (χ0) is 47.0. The molecule has 4 amide bonds. The van der Waals surface area contributed by atoms with Crippen LogP contribution in [0.3, 0.4) is 0 Å². The summed E-state index contributed by atoms with van der Waals surface area (Å²) in [6.07, 6.45) is 0.980. The number of methoxy groups -OCH3 is 1. The average molecular weight is 937 g/mol. The molecule has 19 heteroatoms. The van der Waals surface area contributed by atoms with Crippen LogP contribution in [0.2, 0.25) is 10.2 Å². The zero-order valence-electron chi connectivity index (χ0n) is 37.7. The van der Waals surface area contributed by atoms with Gasteiger partial charge in [0.05, 0.1) is 25.2 Å². The van der Waals surface area contributed by atoms with Crippen molar-refractivity contribution >= 4 is 65.6 Å². The van der Waals surface area contributed by atoms with Crippen LogP contribution in [0.5, 0.6) is 5.75 Å². The van der Waals surface area contributed by atoms with E-state index in [4.69, 9.17) is 35.1 Å². The van der Waals surface area contributed by atoms with Gasteiger partial charge in [0.15, 0.2) is 5.78 Å². The number of para-hydroxylation sites is 1. The van der Waals surface area contributed by atoms with Crippen molar-refractivity contribution in [2.24, 2.45) is 17.3 Å². The van der Waals surface area contributed by atoms with E-state index in [1.165, 1.54) is 7.11 Å². The van der Waals surface area contributed by atoms with Crippen LogP contribution in [0, 0.1) is 17.3 Å². The molecule has 8 rings (SSSR count). The molecule has 0 radical (unpaired) electrons. The summed E-state index contributed by atoms with van der Waals surface area (Å²) in [6, 6.07) is 11.5. The highest BCUT2D eigenvalue weighted by molar-refractivity contribution is 7.16. The SMILES string of the molecule is COc1c(C[C@H](CC(=O)C(NC(=O)N2CCN(CCF)C(=O)C2=O)c2nc(CC(=O)OCc3ccccc3)sc2Cl)B2O[C@@H]3C[C@@H]4C[C@@H](C4(C)C)[C@]3(C)O2)cccc1C(=O)OC(C)(C)C. The lowest BCUT2D eigenvalue weighted by Gasteiger charge is -2.64. The van der Waals surface area contributed by atoms with E-state index in [0.29, 0.717) is 16.4 Å². The number of alkyl halides is 1. The van der Waals surface area contributed by atoms with Crippen molar-refractivity contribution in [1.29, 1.82) is 0 Å². The fourth-order valence-corrected chi connectivity index (χ4v) is 10.9. The third-order valence-corrected chi connectivity index (χ3v) is 14.5. The average Bonchev–Trinajstić information content (AvgIpc) is 3.81. The number of amides is 4. The molecule has 6 atom stereocenters.